The molecule has 11 heteroatoms. The molecule has 1 N–H and O–H groups in total. The van der Waals surface area contributed by atoms with Crippen molar-refractivity contribution in [1.29, 1.82) is 0 Å². The van der Waals surface area contributed by atoms with E-state index in [1.165, 1.54) is 23.9 Å². The van der Waals surface area contributed by atoms with Crippen LogP contribution in [-0.2, 0) is 26.1 Å². The molecule has 0 bridgehead atoms. The highest BCUT2D eigenvalue weighted by Gasteiger charge is 2.29. The van der Waals surface area contributed by atoms with Gasteiger partial charge in [0.1, 0.15) is 11.9 Å². The van der Waals surface area contributed by atoms with Crippen molar-refractivity contribution < 1.29 is 22.7 Å². The van der Waals surface area contributed by atoms with Crippen LogP contribution in [-0.4, -0.2) is 54.6 Å². The number of hydrogen-bond acceptors (Lipinski definition) is 7. The maximum absolute atomic E-state index is 12.9. The highest BCUT2D eigenvalue weighted by atomic mass is 32.2. The standard InChI is InChI=1S/C20H27N3O7S/c1-15(16-5-3-6-17(13-16)30-18-8-11-29-14-18)23(28-2)31(26,27)12-4-9-22-10-7-19(24)21-20(22)25/h3,5-7,10,13,15,18H,4,8-9,11-12,14H2,1-2H3,(H,21,24,25)/t15-,18-/m1/s1. The zero-order chi connectivity index (χ0) is 22.4. The first-order valence-electron chi connectivity index (χ1n) is 10.0. The number of H-pyrrole nitrogens is 1. The van der Waals surface area contributed by atoms with Crippen molar-refractivity contribution in [3.8, 4) is 5.75 Å². The molecule has 0 radical (unpaired) electrons. The number of aromatic nitrogens is 2. The van der Waals surface area contributed by atoms with E-state index in [1.54, 1.807) is 19.1 Å². The van der Waals surface area contributed by atoms with E-state index >= 15 is 0 Å². The third-order valence-corrected chi connectivity index (χ3v) is 6.82. The Bertz CT molecular complexity index is 1090. The second-order valence-corrected chi connectivity index (χ2v) is 9.19. The molecule has 1 aliphatic rings. The SMILES string of the molecule is CON([C@H](C)c1cccc(O[C@@H]2CCOC2)c1)S(=O)(=O)CCCn1ccc(=O)[nH]c1=O. The van der Waals surface area contributed by atoms with Gasteiger partial charge in [-0.25, -0.2) is 13.2 Å². The van der Waals surface area contributed by atoms with Gasteiger partial charge in [0, 0.05) is 25.2 Å². The molecule has 2 heterocycles. The Labute approximate surface area is 180 Å². The number of aromatic amines is 1. The molecule has 1 saturated heterocycles. The molecule has 2 atom stereocenters. The van der Waals surface area contributed by atoms with E-state index in [-0.39, 0.29) is 24.8 Å². The molecule has 1 aliphatic heterocycles. The first-order valence-corrected chi connectivity index (χ1v) is 11.6. The summed E-state index contributed by atoms with van der Waals surface area (Å²) in [7, 11) is -2.48. The van der Waals surface area contributed by atoms with Gasteiger partial charge in [0.2, 0.25) is 10.0 Å². The van der Waals surface area contributed by atoms with Crippen molar-refractivity contribution in [3.63, 3.8) is 0 Å². The lowest BCUT2D eigenvalue weighted by molar-refractivity contribution is -0.0772. The fraction of sp³-hybridized carbons (Fsp3) is 0.500. The number of hydrogen-bond donors (Lipinski definition) is 1. The van der Waals surface area contributed by atoms with Crippen molar-refractivity contribution in [1.82, 2.24) is 14.0 Å². The van der Waals surface area contributed by atoms with Crippen LogP contribution in [0.15, 0.2) is 46.1 Å². The molecule has 31 heavy (non-hydrogen) atoms. The van der Waals surface area contributed by atoms with Gasteiger partial charge in [-0.05, 0) is 31.0 Å². The Morgan fingerprint density at radius 3 is 2.81 bits per heavy atom. The highest BCUT2D eigenvalue weighted by Crippen LogP contribution is 2.27. The summed E-state index contributed by atoms with van der Waals surface area (Å²) in [6.45, 7) is 3.08. The molecule has 1 aromatic heterocycles. The molecule has 0 unspecified atom stereocenters. The van der Waals surface area contributed by atoms with Gasteiger partial charge in [-0.1, -0.05) is 16.6 Å². The lowest BCUT2D eigenvalue weighted by Gasteiger charge is -2.26. The number of rotatable bonds is 10. The molecule has 0 aliphatic carbocycles. The molecule has 170 valence electrons. The summed E-state index contributed by atoms with van der Waals surface area (Å²) < 4.78 is 39.2. The summed E-state index contributed by atoms with van der Waals surface area (Å²) in [5.41, 5.74) is -0.357. The largest absolute Gasteiger partial charge is 0.488 e. The van der Waals surface area contributed by atoms with Crippen LogP contribution in [0.3, 0.4) is 0 Å². The zero-order valence-electron chi connectivity index (χ0n) is 17.5. The van der Waals surface area contributed by atoms with Crippen molar-refractivity contribution in [2.24, 2.45) is 0 Å². The van der Waals surface area contributed by atoms with Gasteiger partial charge in [-0.2, -0.15) is 0 Å². The summed E-state index contributed by atoms with van der Waals surface area (Å²) in [6.07, 6.45) is 2.32. The van der Waals surface area contributed by atoms with Gasteiger partial charge in [0.15, 0.2) is 0 Å². The Hall–Kier alpha value is -2.47. The molecule has 3 rings (SSSR count). The van der Waals surface area contributed by atoms with Gasteiger partial charge in [0.25, 0.3) is 5.56 Å². The second-order valence-electron chi connectivity index (χ2n) is 7.26. The molecule has 0 saturated carbocycles. The normalized spacial score (nSPS) is 17.7. The van der Waals surface area contributed by atoms with Gasteiger partial charge in [-0.15, -0.1) is 0 Å². The number of nitrogens with zero attached hydrogens (tertiary/aromatic N) is 2. The Morgan fingerprint density at radius 2 is 2.13 bits per heavy atom. The number of benzene rings is 1. The smallest absolute Gasteiger partial charge is 0.328 e. The highest BCUT2D eigenvalue weighted by molar-refractivity contribution is 7.88. The van der Waals surface area contributed by atoms with E-state index in [4.69, 9.17) is 14.3 Å². The predicted molar refractivity (Wildman–Crippen MR) is 113 cm³/mol. The minimum atomic E-state index is -3.78. The quantitative estimate of drug-likeness (QED) is 0.534. The monoisotopic (exact) mass is 453 g/mol. The van der Waals surface area contributed by atoms with Crippen LogP contribution < -0.4 is 16.0 Å². The lowest BCUT2D eigenvalue weighted by atomic mass is 10.1. The number of hydroxylamine groups is 1. The van der Waals surface area contributed by atoms with Crippen LogP contribution in [0.4, 0.5) is 0 Å². The Balaban J connectivity index is 1.66. The average Bonchev–Trinajstić information content (AvgIpc) is 3.23. The van der Waals surface area contributed by atoms with E-state index in [1.807, 2.05) is 12.1 Å². The third-order valence-electron chi connectivity index (χ3n) is 5.00. The number of sulfonamides is 1. The minimum Gasteiger partial charge on any atom is -0.488 e. The van der Waals surface area contributed by atoms with Gasteiger partial charge >= 0.3 is 5.69 Å². The summed E-state index contributed by atoms with van der Waals surface area (Å²) in [5.74, 6) is 0.414. The molecular formula is C20H27N3O7S. The zero-order valence-corrected chi connectivity index (χ0v) is 18.3. The van der Waals surface area contributed by atoms with Crippen LogP contribution in [0.2, 0.25) is 0 Å². The fourth-order valence-electron chi connectivity index (χ4n) is 3.41. The van der Waals surface area contributed by atoms with Crippen LogP contribution in [0.25, 0.3) is 0 Å². The van der Waals surface area contributed by atoms with Crippen molar-refractivity contribution >= 4 is 10.0 Å². The Morgan fingerprint density at radius 1 is 1.32 bits per heavy atom. The first-order chi connectivity index (χ1) is 14.8. The molecular weight excluding hydrogens is 426 g/mol. The summed E-state index contributed by atoms with van der Waals surface area (Å²) in [4.78, 5) is 30.2. The number of aryl methyl sites for hydroxylation is 1. The van der Waals surface area contributed by atoms with E-state index in [0.717, 1.165) is 16.5 Å². The van der Waals surface area contributed by atoms with Gasteiger partial charge < -0.3 is 14.0 Å². The van der Waals surface area contributed by atoms with E-state index in [0.29, 0.717) is 19.0 Å². The van der Waals surface area contributed by atoms with Crippen LogP contribution >= 0.6 is 0 Å². The van der Waals surface area contributed by atoms with Gasteiger partial charge in [-0.3, -0.25) is 14.6 Å². The van der Waals surface area contributed by atoms with E-state index in [2.05, 4.69) is 4.98 Å². The van der Waals surface area contributed by atoms with Crippen molar-refractivity contribution in [2.45, 2.75) is 38.5 Å². The number of nitrogens with one attached hydrogen (secondary N) is 1. The summed E-state index contributed by atoms with van der Waals surface area (Å²) in [5, 5.41) is 0. The minimum absolute atomic E-state index is 0.0100. The van der Waals surface area contributed by atoms with E-state index < -0.39 is 27.3 Å². The molecule has 0 spiro atoms. The molecule has 10 nitrogen and oxygen atoms in total. The fourth-order valence-corrected chi connectivity index (χ4v) is 4.91. The Kier molecular flexibility index (Phi) is 7.65. The first kappa shape index (κ1) is 23.2. The van der Waals surface area contributed by atoms with Gasteiger partial charge in [0.05, 0.1) is 32.1 Å². The van der Waals surface area contributed by atoms with Crippen LogP contribution in [0.5, 0.6) is 5.75 Å². The summed E-state index contributed by atoms with van der Waals surface area (Å²) >= 11 is 0. The molecule has 0 amide bonds. The predicted octanol–water partition coefficient (Wildman–Crippen LogP) is 1.05. The van der Waals surface area contributed by atoms with Crippen molar-refractivity contribution in [2.75, 3.05) is 26.1 Å². The maximum atomic E-state index is 12.9. The lowest BCUT2D eigenvalue weighted by Crippen LogP contribution is -2.35. The van der Waals surface area contributed by atoms with Crippen LogP contribution in [0, 0.1) is 0 Å². The third kappa shape index (κ3) is 6.03. The molecule has 1 fully saturated rings. The average molecular weight is 454 g/mol. The maximum Gasteiger partial charge on any atom is 0.328 e. The number of ether oxygens (including phenoxy) is 2. The molecule has 1 aromatic carbocycles. The second kappa shape index (κ2) is 10.2. The van der Waals surface area contributed by atoms with E-state index in [9.17, 15) is 18.0 Å². The van der Waals surface area contributed by atoms with Crippen molar-refractivity contribution in [3.05, 3.63) is 62.9 Å². The topological polar surface area (TPSA) is 120 Å². The molecule has 2 aromatic rings. The summed E-state index contributed by atoms with van der Waals surface area (Å²) in [6, 6.07) is 7.86. The van der Waals surface area contributed by atoms with Crippen LogP contribution in [0.1, 0.15) is 31.4 Å².